The Morgan fingerprint density at radius 1 is 0.463 bits per heavy atom. The van der Waals surface area contributed by atoms with Gasteiger partial charge in [-0.2, -0.15) is 0 Å². The van der Waals surface area contributed by atoms with Gasteiger partial charge in [-0.25, -0.2) is 0 Å². The van der Waals surface area contributed by atoms with Crippen LogP contribution >= 0.6 is 22.6 Å². The highest BCUT2D eigenvalue weighted by molar-refractivity contribution is 14.1. The van der Waals surface area contributed by atoms with Gasteiger partial charge in [-0.3, -0.25) is 9.59 Å². The number of esters is 1. The van der Waals surface area contributed by atoms with Crippen LogP contribution in [0, 0.1) is 5.92 Å². The van der Waals surface area contributed by atoms with Crippen LogP contribution in [0.1, 0.15) is 328 Å². The van der Waals surface area contributed by atoms with Gasteiger partial charge < -0.3 is 19.5 Å². The molecule has 0 saturated heterocycles. The van der Waals surface area contributed by atoms with E-state index in [1.807, 2.05) is 18.8 Å². The normalized spacial score (nSPS) is 10.2. The lowest BCUT2D eigenvalue weighted by molar-refractivity contribution is -0.144. The average Bonchev–Trinajstić information content (AvgIpc) is 3.34. The molecular formula is C60H132INO5. The van der Waals surface area contributed by atoms with E-state index in [2.05, 4.69) is 104 Å². The molecule has 0 aromatic rings. The van der Waals surface area contributed by atoms with Gasteiger partial charge in [0, 0.05) is 13.0 Å². The van der Waals surface area contributed by atoms with Crippen molar-refractivity contribution in [1.82, 2.24) is 4.90 Å². The Hall–Kier alpha value is -0.410. The molecule has 0 rings (SSSR count). The van der Waals surface area contributed by atoms with Crippen LogP contribution in [0.5, 0.6) is 0 Å². The first-order valence-corrected chi connectivity index (χ1v) is 31.8. The van der Waals surface area contributed by atoms with Crippen LogP contribution in [0.3, 0.4) is 0 Å². The summed E-state index contributed by atoms with van der Waals surface area (Å²) in [5, 5.41) is 7.57. The highest BCUT2D eigenvalue weighted by Crippen LogP contribution is 2.17. The number of hydrogen-bond donors (Lipinski definition) is 1. The maximum Gasteiger partial charge on any atom is 0.305 e. The molecule has 0 aliphatic heterocycles. The number of unbranched alkanes of at least 4 members (excludes halogenated alkanes) is 24. The predicted octanol–water partition coefficient (Wildman–Crippen LogP) is 20.9. The highest BCUT2D eigenvalue weighted by Gasteiger charge is 2.08. The molecule has 1 atom stereocenters. The summed E-state index contributed by atoms with van der Waals surface area (Å²) >= 11 is 2.15. The van der Waals surface area contributed by atoms with Gasteiger partial charge in [-0.15, -0.1) is 0 Å². The van der Waals surface area contributed by atoms with Gasteiger partial charge in [0.1, 0.15) is 0 Å². The van der Waals surface area contributed by atoms with Crippen LogP contribution in [-0.4, -0.2) is 66.8 Å². The predicted molar refractivity (Wildman–Crippen MR) is 316 cm³/mol. The van der Waals surface area contributed by atoms with Gasteiger partial charge in [-0.1, -0.05) is 292 Å². The van der Waals surface area contributed by atoms with Crippen LogP contribution in [0.4, 0.5) is 0 Å². The van der Waals surface area contributed by atoms with Crippen molar-refractivity contribution in [3.63, 3.8) is 0 Å². The van der Waals surface area contributed by atoms with Crippen molar-refractivity contribution in [2.24, 2.45) is 5.92 Å². The van der Waals surface area contributed by atoms with Crippen molar-refractivity contribution < 1.29 is 24.2 Å². The van der Waals surface area contributed by atoms with E-state index in [1.54, 1.807) is 6.92 Å². The number of alkyl halides is 1. The molecule has 0 aliphatic rings. The standard InChI is InChI=1S/C27H55NO2.C14H28O2.C7H16.C4H10.C3H8.C2H6O.C2H6.CH3I/c1-4-7-9-11-13-14-16-21-26-30-27(29)22-18-17-20-25-28(23-6-3)24-19-15-12-10-8-5-2;1-3-5-6-7-8-9-11-14(10-4-2)12-16-13-15;1-3-5-7-6-4-2;1-3-4-2;1-3-2;1-2-3;2*1-2/h4-26H2,1-3H3;13-14H,3-12H2,1-2H3;3-7H2,1-2H3;3-4H2,1-2H3;3H2,1-2H3;3H,2H2,1H3;1-2H3;1H3. The third-order valence-corrected chi connectivity index (χ3v) is 10.8. The van der Waals surface area contributed by atoms with E-state index in [-0.39, 0.29) is 12.6 Å². The third kappa shape index (κ3) is 108. The van der Waals surface area contributed by atoms with E-state index in [9.17, 15) is 9.59 Å². The molecule has 1 unspecified atom stereocenters. The fourth-order valence-electron chi connectivity index (χ4n) is 6.83. The van der Waals surface area contributed by atoms with Crippen LogP contribution < -0.4 is 0 Å². The summed E-state index contributed by atoms with van der Waals surface area (Å²) in [6, 6.07) is 0. The van der Waals surface area contributed by atoms with E-state index >= 15 is 0 Å². The number of ether oxygens (including phenoxy) is 2. The summed E-state index contributed by atoms with van der Waals surface area (Å²) in [6.07, 6.45) is 46.2. The Balaban J connectivity index is -0.000000130. The molecule has 0 aromatic carbocycles. The fraction of sp³-hybridized carbons (Fsp3) is 0.967. The lowest BCUT2D eigenvalue weighted by Crippen LogP contribution is -2.27. The molecule has 0 saturated carbocycles. The van der Waals surface area contributed by atoms with Gasteiger partial charge >= 0.3 is 5.97 Å². The minimum Gasteiger partial charge on any atom is -0.468 e. The third-order valence-electron chi connectivity index (χ3n) is 10.8. The molecule has 0 radical (unpaired) electrons. The van der Waals surface area contributed by atoms with E-state index in [0.29, 0.717) is 32.0 Å². The van der Waals surface area contributed by atoms with Crippen molar-refractivity contribution in [2.75, 3.05) is 44.4 Å². The Morgan fingerprint density at radius 2 is 0.806 bits per heavy atom. The molecule has 6 nitrogen and oxygen atoms in total. The van der Waals surface area contributed by atoms with Crippen LogP contribution in [0.15, 0.2) is 0 Å². The summed E-state index contributed by atoms with van der Waals surface area (Å²) in [4.78, 5) is 26.6. The quantitative estimate of drug-likeness (QED) is 0.0216. The number of aliphatic hydroxyl groups excluding tert-OH is 1. The van der Waals surface area contributed by atoms with Crippen LogP contribution in [0.25, 0.3) is 0 Å². The second-order valence-corrected chi connectivity index (χ2v) is 17.8. The van der Waals surface area contributed by atoms with Crippen LogP contribution in [0.2, 0.25) is 0 Å². The van der Waals surface area contributed by atoms with Crippen molar-refractivity contribution in [1.29, 1.82) is 0 Å². The maximum absolute atomic E-state index is 11.9. The average molecular weight is 1070 g/mol. The van der Waals surface area contributed by atoms with E-state index in [4.69, 9.17) is 14.6 Å². The number of carbonyl (C=O) groups is 2. The zero-order chi connectivity index (χ0) is 52.6. The Labute approximate surface area is 440 Å². The van der Waals surface area contributed by atoms with Crippen molar-refractivity contribution >= 4 is 35.0 Å². The number of nitrogens with zero attached hydrogens (tertiary/aromatic N) is 1. The Morgan fingerprint density at radius 3 is 1.16 bits per heavy atom. The lowest BCUT2D eigenvalue weighted by Gasteiger charge is -2.21. The summed E-state index contributed by atoms with van der Waals surface area (Å²) in [6.45, 7) is 35.7. The Kier molecular flexibility index (Phi) is 119. The number of carbonyl (C=O) groups excluding carboxylic acids is 2. The molecular weight excluding hydrogens is 942 g/mol. The molecule has 414 valence electrons. The second-order valence-electron chi connectivity index (χ2n) is 17.8. The summed E-state index contributed by atoms with van der Waals surface area (Å²) < 4.78 is 10.3. The molecule has 0 bridgehead atoms. The van der Waals surface area contributed by atoms with E-state index in [1.165, 1.54) is 225 Å². The summed E-state index contributed by atoms with van der Waals surface area (Å²) in [7, 11) is 0. The summed E-state index contributed by atoms with van der Waals surface area (Å²) in [5.74, 6) is 0.594. The molecule has 67 heavy (non-hydrogen) atoms. The molecule has 0 spiro atoms. The SMILES string of the molecule is CC.CCC.CCCC.CCCCCCC.CCCCCCCCC(CCC)COC=O.CCCCCCCCCCOC(=O)CCCCCN(CCC)CCCCCCCC.CCO.CI. The number of rotatable bonds is 41. The van der Waals surface area contributed by atoms with E-state index in [0.717, 1.165) is 19.3 Å². The minimum absolute atomic E-state index is 0.00967. The van der Waals surface area contributed by atoms with Crippen molar-refractivity contribution in [2.45, 2.75) is 328 Å². The van der Waals surface area contributed by atoms with Crippen molar-refractivity contribution in [3.05, 3.63) is 0 Å². The fourth-order valence-corrected chi connectivity index (χ4v) is 6.83. The van der Waals surface area contributed by atoms with Gasteiger partial charge in [0.15, 0.2) is 0 Å². The van der Waals surface area contributed by atoms with Gasteiger partial charge in [0.25, 0.3) is 6.47 Å². The molecule has 0 aromatic heterocycles. The van der Waals surface area contributed by atoms with E-state index < -0.39 is 0 Å². The van der Waals surface area contributed by atoms with Gasteiger partial charge in [0.05, 0.1) is 13.2 Å². The summed E-state index contributed by atoms with van der Waals surface area (Å²) in [5.41, 5.74) is 0. The van der Waals surface area contributed by atoms with Gasteiger partial charge in [-0.05, 0) is 82.4 Å². The molecule has 0 aliphatic carbocycles. The Bertz CT molecular complexity index is 721. The first-order chi connectivity index (χ1) is 32.7. The topological polar surface area (TPSA) is 76.1 Å². The van der Waals surface area contributed by atoms with Crippen molar-refractivity contribution in [3.8, 4) is 0 Å². The highest BCUT2D eigenvalue weighted by atomic mass is 127. The molecule has 0 amide bonds. The van der Waals surface area contributed by atoms with Gasteiger partial charge in [0.2, 0.25) is 0 Å². The molecule has 1 N–H and O–H groups in total. The smallest absolute Gasteiger partial charge is 0.305 e. The first-order valence-electron chi connectivity index (χ1n) is 29.7. The lowest BCUT2D eigenvalue weighted by atomic mass is 9.97. The number of halogens is 1. The zero-order valence-electron chi connectivity index (χ0n) is 49.3. The molecule has 0 fully saturated rings. The molecule has 0 heterocycles. The zero-order valence-corrected chi connectivity index (χ0v) is 51.4. The number of aliphatic hydroxyl groups is 1. The minimum atomic E-state index is 0.00967. The number of hydrogen-bond acceptors (Lipinski definition) is 6. The second kappa shape index (κ2) is 95.3. The maximum atomic E-state index is 11.9. The monoisotopic (exact) mass is 1070 g/mol. The first kappa shape index (κ1) is 83.5. The molecule has 7 heteroatoms. The van der Waals surface area contributed by atoms with Crippen LogP contribution in [-0.2, 0) is 19.1 Å². The largest absolute Gasteiger partial charge is 0.468 e.